The van der Waals surface area contributed by atoms with Gasteiger partial charge in [0.25, 0.3) is 5.56 Å². The van der Waals surface area contributed by atoms with Gasteiger partial charge in [-0.25, -0.2) is 9.78 Å². The van der Waals surface area contributed by atoms with Crippen LogP contribution in [0.4, 0.5) is 10.6 Å². The summed E-state index contributed by atoms with van der Waals surface area (Å²) in [6.45, 7) is 4.02. The molecular formula is C17H20N6O3. The zero-order valence-electron chi connectivity index (χ0n) is 14.5. The number of ether oxygens (including phenoxy) is 1. The Labute approximate surface area is 150 Å². The summed E-state index contributed by atoms with van der Waals surface area (Å²) < 4.78 is 6.36. The number of nitrogens with zero attached hydrogens (tertiary/aromatic N) is 6. The van der Waals surface area contributed by atoms with Gasteiger partial charge >= 0.3 is 6.09 Å². The maximum atomic E-state index is 13.0. The van der Waals surface area contributed by atoms with Gasteiger partial charge in [-0.3, -0.25) is 9.20 Å². The normalized spacial score (nSPS) is 18.9. The van der Waals surface area contributed by atoms with Crippen LogP contribution in [-0.2, 0) is 4.74 Å². The highest BCUT2D eigenvalue weighted by atomic mass is 16.6. The predicted octanol–water partition coefficient (Wildman–Crippen LogP) is 0.232. The molecule has 0 aromatic carbocycles. The highest BCUT2D eigenvalue weighted by molar-refractivity contribution is 5.87. The quantitative estimate of drug-likeness (QED) is 0.733. The van der Waals surface area contributed by atoms with E-state index in [1.807, 2.05) is 6.07 Å². The van der Waals surface area contributed by atoms with Crippen LogP contribution in [0.5, 0.6) is 0 Å². The lowest BCUT2D eigenvalue weighted by atomic mass is 10.2. The van der Waals surface area contributed by atoms with E-state index in [0.717, 1.165) is 26.2 Å². The second-order valence-electron chi connectivity index (χ2n) is 6.36. The Morgan fingerprint density at radius 2 is 1.96 bits per heavy atom. The number of likely N-dealkylation sites (N-methyl/N-ethyl adjacent to an activating group) is 1. The maximum Gasteiger partial charge on any atom is 0.430 e. The van der Waals surface area contributed by atoms with E-state index in [-0.39, 0.29) is 5.56 Å². The van der Waals surface area contributed by atoms with Crippen molar-refractivity contribution in [3.8, 4) is 0 Å². The predicted molar refractivity (Wildman–Crippen MR) is 96.8 cm³/mol. The van der Waals surface area contributed by atoms with Gasteiger partial charge in [-0.15, -0.1) is 0 Å². The third-order valence-electron chi connectivity index (χ3n) is 4.62. The van der Waals surface area contributed by atoms with Gasteiger partial charge in [0.2, 0.25) is 0 Å². The molecule has 0 spiro atoms. The number of pyridine rings is 1. The van der Waals surface area contributed by atoms with Gasteiger partial charge in [-0.2, -0.15) is 10.1 Å². The van der Waals surface area contributed by atoms with Crippen molar-refractivity contribution in [2.45, 2.75) is 0 Å². The number of fused-ring (bicyclic) bond motifs is 1. The first-order chi connectivity index (χ1) is 12.6. The molecule has 0 unspecified atom stereocenters. The van der Waals surface area contributed by atoms with Gasteiger partial charge < -0.3 is 14.5 Å². The van der Waals surface area contributed by atoms with Crippen LogP contribution in [0.2, 0.25) is 0 Å². The number of carbonyl (C=O) groups excluding carboxylic acids is 1. The summed E-state index contributed by atoms with van der Waals surface area (Å²) in [5.74, 6) is 0.602. The molecule has 0 aliphatic carbocycles. The zero-order valence-corrected chi connectivity index (χ0v) is 14.5. The number of hydrogen-bond acceptors (Lipinski definition) is 7. The minimum absolute atomic E-state index is 0.208. The Morgan fingerprint density at radius 3 is 2.69 bits per heavy atom. The Hall–Kier alpha value is -2.94. The number of hydrazone groups is 1. The smallest absolute Gasteiger partial charge is 0.430 e. The summed E-state index contributed by atoms with van der Waals surface area (Å²) in [4.78, 5) is 33.6. The molecule has 0 N–H and O–H groups in total. The molecule has 2 aliphatic rings. The largest absolute Gasteiger partial charge is 0.446 e. The van der Waals surface area contributed by atoms with Crippen molar-refractivity contribution in [3.63, 3.8) is 0 Å². The van der Waals surface area contributed by atoms with Crippen LogP contribution in [0.1, 0.15) is 5.56 Å². The minimum Gasteiger partial charge on any atom is -0.446 e. The molecule has 2 aromatic rings. The Kier molecular flexibility index (Phi) is 4.29. The minimum atomic E-state index is -0.503. The summed E-state index contributed by atoms with van der Waals surface area (Å²) in [6, 6.07) is 5.44. The summed E-state index contributed by atoms with van der Waals surface area (Å²) in [5, 5.41) is 5.37. The molecule has 0 radical (unpaired) electrons. The molecule has 0 atom stereocenters. The number of piperazine rings is 1. The van der Waals surface area contributed by atoms with Crippen molar-refractivity contribution in [3.05, 3.63) is 40.3 Å². The van der Waals surface area contributed by atoms with Crippen LogP contribution < -0.4 is 10.5 Å². The van der Waals surface area contributed by atoms with Crippen LogP contribution in [0, 0.1) is 0 Å². The van der Waals surface area contributed by atoms with Crippen molar-refractivity contribution >= 4 is 23.8 Å². The molecule has 9 heteroatoms. The van der Waals surface area contributed by atoms with Gasteiger partial charge in [0.1, 0.15) is 23.6 Å². The molecular weight excluding hydrogens is 336 g/mol. The lowest BCUT2D eigenvalue weighted by Gasteiger charge is -2.33. The molecule has 26 heavy (non-hydrogen) atoms. The molecule has 2 fully saturated rings. The first-order valence-electron chi connectivity index (χ1n) is 8.56. The fraction of sp³-hybridized carbons (Fsp3) is 0.412. The second-order valence-corrected chi connectivity index (χ2v) is 6.36. The van der Waals surface area contributed by atoms with Crippen molar-refractivity contribution in [2.24, 2.45) is 5.10 Å². The lowest BCUT2D eigenvalue weighted by molar-refractivity contribution is 0.159. The third kappa shape index (κ3) is 3.01. The molecule has 4 rings (SSSR count). The fourth-order valence-electron chi connectivity index (χ4n) is 3.08. The van der Waals surface area contributed by atoms with E-state index in [9.17, 15) is 9.59 Å². The van der Waals surface area contributed by atoms with Gasteiger partial charge in [0.15, 0.2) is 0 Å². The number of hydrogen-bond donors (Lipinski definition) is 0. The van der Waals surface area contributed by atoms with Crippen LogP contribution in [0.3, 0.4) is 0 Å². The molecule has 2 aromatic heterocycles. The first-order valence-corrected chi connectivity index (χ1v) is 8.56. The molecule has 0 bridgehead atoms. The number of amides is 1. The molecule has 0 saturated carbocycles. The monoisotopic (exact) mass is 356 g/mol. The average molecular weight is 356 g/mol. The molecule has 2 saturated heterocycles. The second kappa shape index (κ2) is 6.75. The number of anilines is 1. The topological polar surface area (TPSA) is 82.8 Å². The summed E-state index contributed by atoms with van der Waals surface area (Å²) >= 11 is 0. The van der Waals surface area contributed by atoms with Crippen molar-refractivity contribution < 1.29 is 9.53 Å². The highest BCUT2D eigenvalue weighted by Gasteiger charge is 2.23. The molecule has 9 nitrogen and oxygen atoms in total. The van der Waals surface area contributed by atoms with Crippen LogP contribution in [0.25, 0.3) is 5.65 Å². The van der Waals surface area contributed by atoms with E-state index in [2.05, 4.69) is 21.9 Å². The fourth-order valence-corrected chi connectivity index (χ4v) is 3.08. The molecule has 136 valence electrons. The Balaban J connectivity index is 1.79. The van der Waals surface area contributed by atoms with Gasteiger partial charge in [0.05, 0.1) is 12.8 Å². The summed E-state index contributed by atoms with van der Waals surface area (Å²) in [5.41, 5.74) is 0.753. The molecule has 4 heterocycles. The van der Waals surface area contributed by atoms with Crippen molar-refractivity contribution in [1.29, 1.82) is 0 Å². The van der Waals surface area contributed by atoms with Gasteiger partial charge in [-0.1, -0.05) is 6.07 Å². The number of rotatable bonds is 3. The maximum absolute atomic E-state index is 13.0. The van der Waals surface area contributed by atoms with E-state index < -0.39 is 6.09 Å². The standard InChI is InChI=1S/C17H20N6O3/c1-20-6-8-21(9-7-20)15-13(12-18-23-10-11-26-17(23)25)16(24)22-5-3-2-4-14(22)19-15/h2-5,12H,6-11H2,1H3/b18-12+. The van der Waals surface area contributed by atoms with Gasteiger partial charge in [0, 0.05) is 32.4 Å². The third-order valence-corrected chi connectivity index (χ3v) is 4.62. The van der Waals surface area contributed by atoms with Gasteiger partial charge in [-0.05, 0) is 19.2 Å². The molecule has 2 aliphatic heterocycles. The van der Waals surface area contributed by atoms with Crippen molar-refractivity contribution in [2.75, 3.05) is 51.3 Å². The Morgan fingerprint density at radius 1 is 1.15 bits per heavy atom. The first kappa shape index (κ1) is 16.5. The molecule has 1 amide bonds. The van der Waals surface area contributed by atoms with E-state index in [0.29, 0.717) is 30.2 Å². The SMILES string of the molecule is CN1CCN(c2nc3ccccn3c(=O)c2/C=N/N2CCOC2=O)CC1. The van der Waals surface area contributed by atoms with E-state index in [1.54, 1.807) is 18.3 Å². The van der Waals surface area contributed by atoms with Crippen LogP contribution in [-0.4, -0.2) is 78.0 Å². The number of carbonyl (C=O) groups is 1. The summed E-state index contributed by atoms with van der Waals surface area (Å²) in [6.07, 6.45) is 2.60. The summed E-state index contributed by atoms with van der Waals surface area (Å²) in [7, 11) is 2.07. The van der Waals surface area contributed by atoms with E-state index in [1.165, 1.54) is 15.6 Å². The number of cyclic esters (lactones) is 1. The van der Waals surface area contributed by atoms with Crippen LogP contribution >= 0.6 is 0 Å². The van der Waals surface area contributed by atoms with E-state index in [4.69, 9.17) is 9.72 Å². The number of aromatic nitrogens is 2. The van der Waals surface area contributed by atoms with Crippen molar-refractivity contribution in [1.82, 2.24) is 19.3 Å². The average Bonchev–Trinajstić information content (AvgIpc) is 3.06. The lowest BCUT2D eigenvalue weighted by Crippen LogP contribution is -2.46. The Bertz CT molecular complexity index is 916. The zero-order chi connectivity index (χ0) is 18.1. The van der Waals surface area contributed by atoms with E-state index >= 15 is 0 Å². The highest BCUT2D eigenvalue weighted by Crippen LogP contribution is 2.17. The van der Waals surface area contributed by atoms with Crippen LogP contribution in [0.15, 0.2) is 34.3 Å².